The molecule has 0 aliphatic carbocycles. The minimum atomic E-state index is -0.681. The molecule has 0 bridgehead atoms. The number of rotatable bonds is 0. The van der Waals surface area contributed by atoms with Gasteiger partial charge in [-0.3, -0.25) is 0 Å². The summed E-state index contributed by atoms with van der Waals surface area (Å²) in [6, 6.07) is 1.21. The summed E-state index contributed by atoms with van der Waals surface area (Å²) in [6.07, 6.45) is 0. The summed E-state index contributed by atoms with van der Waals surface area (Å²) in [7, 11) is 0. The molecule has 0 amide bonds. The van der Waals surface area contributed by atoms with Crippen molar-refractivity contribution in [3.8, 4) is 23.0 Å². The van der Waals surface area contributed by atoms with Crippen LogP contribution in [-0.2, 0) is 18.3 Å². The van der Waals surface area contributed by atoms with Gasteiger partial charge in [-0.05, 0) is 0 Å². The first-order valence-electron chi connectivity index (χ1n) is 2.83. The van der Waals surface area contributed by atoms with Crippen LogP contribution in [0.2, 0.25) is 0 Å². The Labute approximate surface area is 72.4 Å². The van der Waals surface area contributed by atoms with Crippen molar-refractivity contribution < 1.29 is 38.7 Å². The molecule has 1 rings (SSSR count). The third kappa shape index (κ3) is 1.24. The van der Waals surface area contributed by atoms with Crippen LogP contribution >= 0.6 is 0 Å². The Bertz CT molecular complexity index is 271. The van der Waals surface area contributed by atoms with Crippen LogP contribution in [0.1, 0.15) is 0 Å². The van der Waals surface area contributed by atoms with Gasteiger partial charge in [-0.15, -0.1) is 0 Å². The fourth-order valence-corrected chi connectivity index (χ4v) is 1.44. The summed E-state index contributed by atoms with van der Waals surface area (Å²) in [4.78, 5) is 0. The molecular formula is C6H5O4Zn. The number of aromatic hydroxyl groups is 4. The molecule has 0 saturated carbocycles. The summed E-state index contributed by atoms with van der Waals surface area (Å²) in [5.41, 5.74) is 0. The van der Waals surface area contributed by atoms with Gasteiger partial charge in [0.05, 0.1) is 0 Å². The molecule has 0 heterocycles. The van der Waals surface area contributed by atoms with E-state index in [-0.39, 0.29) is 5.75 Å². The summed E-state index contributed by atoms with van der Waals surface area (Å²) >= 11 is 0.591. The van der Waals surface area contributed by atoms with Crippen LogP contribution in [0.4, 0.5) is 0 Å². The van der Waals surface area contributed by atoms with Gasteiger partial charge in [-0.25, -0.2) is 0 Å². The summed E-state index contributed by atoms with van der Waals surface area (Å²) in [6.45, 7) is 0. The second kappa shape index (κ2) is 2.59. The molecule has 0 atom stereocenters. The Hall–Kier alpha value is -0.957. The van der Waals surface area contributed by atoms with E-state index in [2.05, 4.69) is 0 Å². The molecule has 4 nitrogen and oxygen atoms in total. The van der Waals surface area contributed by atoms with Crippen LogP contribution in [0, 0.1) is 0 Å². The number of benzene rings is 1. The first-order chi connectivity index (χ1) is 5.04. The topological polar surface area (TPSA) is 80.9 Å². The number of hydrogen-bond acceptors (Lipinski definition) is 4. The van der Waals surface area contributed by atoms with Crippen molar-refractivity contribution in [2.45, 2.75) is 0 Å². The standard InChI is InChI=1S/C6H5O4.Zn/c7-3-1-2-4(8)6(10)5(3)9;/h1,7-10H;. The van der Waals surface area contributed by atoms with Gasteiger partial charge in [0.25, 0.3) is 0 Å². The zero-order chi connectivity index (χ0) is 8.59. The Morgan fingerprint density at radius 3 is 2.00 bits per heavy atom. The first-order valence-corrected chi connectivity index (χ1v) is 4.31. The van der Waals surface area contributed by atoms with Gasteiger partial charge in [0.1, 0.15) is 0 Å². The quantitative estimate of drug-likeness (QED) is 0.266. The van der Waals surface area contributed by atoms with Gasteiger partial charge in [0, 0.05) is 0 Å². The summed E-state index contributed by atoms with van der Waals surface area (Å²) in [5.74, 6) is -2.12. The fourth-order valence-electron chi connectivity index (χ4n) is 0.687. The predicted octanol–water partition coefficient (Wildman–Crippen LogP) is -0.319. The van der Waals surface area contributed by atoms with Crippen molar-refractivity contribution in [1.29, 1.82) is 0 Å². The van der Waals surface area contributed by atoms with E-state index in [0.717, 1.165) is 0 Å². The molecule has 0 aliphatic rings. The third-order valence-corrected chi connectivity index (χ3v) is 2.44. The third-order valence-electron chi connectivity index (χ3n) is 1.31. The van der Waals surface area contributed by atoms with Crippen LogP contribution < -0.4 is 4.16 Å². The van der Waals surface area contributed by atoms with Crippen LogP contribution in [0.3, 0.4) is 0 Å². The molecule has 0 unspecified atom stereocenters. The number of hydrogen-bond donors (Lipinski definition) is 4. The van der Waals surface area contributed by atoms with E-state index in [4.69, 9.17) is 20.4 Å². The van der Waals surface area contributed by atoms with E-state index in [1.165, 1.54) is 6.07 Å². The van der Waals surface area contributed by atoms with Crippen molar-refractivity contribution in [2.24, 2.45) is 0 Å². The Balaban J connectivity index is 3.46. The molecule has 1 aromatic rings. The first kappa shape index (κ1) is 8.14. The van der Waals surface area contributed by atoms with Crippen LogP contribution in [0.5, 0.6) is 23.0 Å². The molecule has 0 aromatic heterocycles. The monoisotopic (exact) mass is 205 g/mol. The molecule has 0 aliphatic heterocycles. The molecular weight excluding hydrogens is 201 g/mol. The van der Waals surface area contributed by atoms with E-state index < -0.39 is 17.2 Å². The Morgan fingerprint density at radius 1 is 0.909 bits per heavy atom. The van der Waals surface area contributed by atoms with E-state index >= 15 is 0 Å². The van der Waals surface area contributed by atoms with Crippen LogP contribution in [0.25, 0.3) is 0 Å². The van der Waals surface area contributed by atoms with E-state index in [9.17, 15) is 0 Å². The van der Waals surface area contributed by atoms with Crippen molar-refractivity contribution in [3.05, 3.63) is 6.07 Å². The normalized spacial score (nSPS) is 10.0. The molecule has 55 valence electrons. The van der Waals surface area contributed by atoms with Gasteiger partial charge < -0.3 is 0 Å². The zero-order valence-electron chi connectivity index (χ0n) is 5.57. The summed E-state index contributed by atoms with van der Waals surface area (Å²) < 4.78 is 0.429. The van der Waals surface area contributed by atoms with Crippen molar-refractivity contribution >= 4 is 4.16 Å². The number of phenolic OH excluding ortho intramolecular Hbond substituents is 4. The van der Waals surface area contributed by atoms with Crippen LogP contribution in [-0.4, -0.2) is 20.4 Å². The van der Waals surface area contributed by atoms with Gasteiger partial charge in [0.2, 0.25) is 0 Å². The SMILES string of the molecule is Oc1c[c]([Zn])c(O)c(O)c1O. The van der Waals surface area contributed by atoms with E-state index in [0.29, 0.717) is 22.5 Å². The van der Waals surface area contributed by atoms with Gasteiger partial charge in [-0.2, -0.15) is 0 Å². The van der Waals surface area contributed by atoms with Gasteiger partial charge >= 0.3 is 72.0 Å². The minimum absolute atomic E-state index is 0.361. The second-order valence-corrected chi connectivity index (χ2v) is 3.70. The molecule has 0 fully saturated rings. The maximum atomic E-state index is 9.02. The maximum absolute atomic E-state index is 9.02. The molecule has 4 N–H and O–H groups in total. The zero-order valence-corrected chi connectivity index (χ0v) is 8.54. The van der Waals surface area contributed by atoms with Gasteiger partial charge in [-0.1, -0.05) is 0 Å². The Morgan fingerprint density at radius 2 is 1.45 bits per heavy atom. The van der Waals surface area contributed by atoms with Crippen molar-refractivity contribution in [1.82, 2.24) is 0 Å². The molecule has 11 heavy (non-hydrogen) atoms. The van der Waals surface area contributed by atoms with E-state index in [1.54, 1.807) is 0 Å². The molecule has 0 radical (unpaired) electrons. The molecule has 0 saturated heterocycles. The molecule has 5 heteroatoms. The second-order valence-electron chi connectivity index (χ2n) is 2.10. The Kier molecular flexibility index (Phi) is 1.91. The van der Waals surface area contributed by atoms with Crippen molar-refractivity contribution in [3.63, 3.8) is 0 Å². The van der Waals surface area contributed by atoms with Crippen LogP contribution in [0.15, 0.2) is 6.07 Å². The van der Waals surface area contributed by atoms with E-state index in [1.807, 2.05) is 0 Å². The fraction of sp³-hybridized carbons (Fsp3) is 0. The van der Waals surface area contributed by atoms with Crippen molar-refractivity contribution in [2.75, 3.05) is 0 Å². The summed E-state index contributed by atoms with van der Waals surface area (Å²) in [5, 5.41) is 35.7. The molecule has 0 spiro atoms. The van der Waals surface area contributed by atoms with Gasteiger partial charge in [0.15, 0.2) is 0 Å². The average molecular weight is 206 g/mol. The number of phenols is 4. The predicted molar refractivity (Wildman–Crippen MR) is 32.7 cm³/mol. The molecule has 1 aromatic carbocycles. The average Bonchev–Trinajstić information content (AvgIpc) is 1.97.